The Morgan fingerprint density at radius 2 is 1.29 bits per heavy atom. The third-order valence-corrected chi connectivity index (χ3v) is 4.12. The molecule has 8 heteroatoms. The molecule has 3 rings (SSSR count). The zero-order chi connectivity index (χ0) is 20.1. The highest BCUT2D eigenvalue weighted by molar-refractivity contribution is 5.82. The van der Waals surface area contributed by atoms with Crippen LogP contribution in [0.3, 0.4) is 0 Å². The average molecular weight is 376 g/mol. The van der Waals surface area contributed by atoms with Gasteiger partial charge in [0.15, 0.2) is 0 Å². The van der Waals surface area contributed by atoms with Crippen molar-refractivity contribution < 1.29 is 0 Å². The van der Waals surface area contributed by atoms with Crippen LogP contribution in [0.5, 0.6) is 0 Å². The molecule has 2 N–H and O–H groups in total. The van der Waals surface area contributed by atoms with Crippen molar-refractivity contribution in [2.75, 3.05) is 43.7 Å². The second kappa shape index (κ2) is 8.34. The number of benzene rings is 2. The van der Waals surface area contributed by atoms with Crippen molar-refractivity contribution in [3.8, 4) is 0 Å². The number of rotatable bonds is 6. The summed E-state index contributed by atoms with van der Waals surface area (Å²) in [6.45, 7) is 0. The Kier molecular flexibility index (Phi) is 5.69. The molecule has 28 heavy (non-hydrogen) atoms. The Morgan fingerprint density at radius 3 is 1.79 bits per heavy atom. The Labute approximate surface area is 164 Å². The van der Waals surface area contributed by atoms with Gasteiger partial charge in [-0.1, -0.05) is 24.3 Å². The third kappa shape index (κ3) is 4.53. The fraction of sp³-hybridized carbons (Fsp3) is 0.200. The van der Waals surface area contributed by atoms with E-state index in [2.05, 4.69) is 20.3 Å². The van der Waals surface area contributed by atoms with Gasteiger partial charge in [0, 0.05) is 45.8 Å². The molecule has 0 aliphatic heterocycles. The molecular weight excluding hydrogens is 352 g/mol. The van der Waals surface area contributed by atoms with E-state index in [1.165, 1.54) is 4.68 Å². The van der Waals surface area contributed by atoms with Gasteiger partial charge in [0.1, 0.15) is 0 Å². The number of nitrogens with zero attached hydrogens (tertiary/aromatic N) is 7. The molecule has 0 fully saturated rings. The lowest BCUT2D eigenvalue weighted by molar-refractivity contribution is 0.892. The molecule has 8 nitrogen and oxygen atoms in total. The molecule has 144 valence electrons. The van der Waals surface area contributed by atoms with E-state index in [1.54, 1.807) is 12.4 Å². The van der Waals surface area contributed by atoms with Crippen LogP contribution in [0, 0.1) is 0 Å². The van der Waals surface area contributed by atoms with Gasteiger partial charge in [-0.05, 0) is 35.4 Å². The van der Waals surface area contributed by atoms with Crippen LogP contribution in [-0.2, 0) is 0 Å². The summed E-state index contributed by atoms with van der Waals surface area (Å²) in [5.74, 6) is 0.492. The summed E-state index contributed by atoms with van der Waals surface area (Å²) in [4.78, 5) is 8.45. The molecule has 1 heterocycles. The Balaban J connectivity index is 1.77. The van der Waals surface area contributed by atoms with Crippen molar-refractivity contribution in [2.45, 2.75) is 0 Å². The van der Waals surface area contributed by atoms with Gasteiger partial charge in [-0.25, -0.2) is 4.99 Å². The van der Waals surface area contributed by atoms with Crippen LogP contribution in [0.15, 0.2) is 58.6 Å². The first-order valence-corrected chi connectivity index (χ1v) is 8.78. The molecule has 0 atom stereocenters. The van der Waals surface area contributed by atoms with Crippen molar-refractivity contribution in [3.63, 3.8) is 0 Å². The normalized spacial score (nSPS) is 11.4. The highest BCUT2D eigenvalue weighted by atomic mass is 15.5. The second-order valence-corrected chi connectivity index (χ2v) is 6.64. The number of nitrogens with two attached hydrogens (primary N) is 1. The van der Waals surface area contributed by atoms with Crippen LogP contribution < -0.4 is 15.5 Å². The highest BCUT2D eigenvalue weighted by Gasteiger charge is 2.06. The molecule has 0 spiro atoms. The van der Waals surface area contributed by atoms with E-state index in [0.29, 0.717) is 5.95 Å². The second-order valence-electron chi connectivity index (χ2n) is 6.64. The van der Waals surface area contributed by atoms with E-state index >= 15 is 0 Å². The van der Waals surface area contributed by atoms with Crippen LogP contribution in [0.4, 0.5) is 23.3 Å². The maximum absolute atomic E-state index is 5.88. The van der Waals surface area contributed by atoms with Crippen molar-refractivity contribution in [1.29, 1.82) is 0 Å². The van der Waals surface area contributed by atoms with Gasteiger partial charge in [-0.3, -0.25) is 0 Å². The summed E-state index contributed by atoms with van der Waals surface area (Å²) in [5, 5.41) is 12.2. The predicted octanol–water partition coefficient (Wildman–Crippen LogP) is 2.63. The molecule has 0 saturated heterocycles. The summed E-state index contributed by atoms with van der Waals surface area (Å²) >= 11 is 0. The summed E-state index contributed by atoms with van der Waals surface area (Å²) in [6, 6.07) is 16.0. The third-order valence-electron chi connectivity index (χ3n) is 4.12. The molecule has 0 unspecified atom stereocenters. The maximum atomic E-state index is 5.88. The van der Waals surface area contributed by atoms with Gasteiger partial charge in [0.25, 0.3) is 5.95 Å². The van der Waals surface area contributed by atoms with Crippen LogP contribution in [0.25, 0.3) is 0 Å². The lowest BCUT2D eigenvalue weighted by Crippen LogP contribution is -2.08. The minimum absolute atomic E-state index is 0.177. The smallest absolute Gasteiger partial charge is 0.273 e. The SMILES string of the molecule is CN(C)c1ccc(/C=N/c2nnc(N)n2/N=C/c2ccc(N(C)C)cc2)cc1. The Morgan fingerprint density at radius 1 is 0.786 bits per heavy atom. The molecule has 1 aromatic heterocycles. The van der Waals surface area contributed by atoms with E-state index in [0.717, 1.165) is 22.5 Å². The van der Waals surface area contributed by atoms with Gasteiger partial charge in [-0.2, -0.15) is 9.78 Å². The van der Waals surface area contributed by atoms with Gasteiger partial charge in [-0.15, -0.1) is 10.2 Å². The van der Waals surface area contributed by atoms with Crippen molar-refractivity contribution in [2.24, 2.45) is 10.1 Å². The van der Waals surface area contributed by atoms with E-state index in [-0.39, 0.29) is 5.95 Å². The Hall–Kier alpha value is -3.68. The quantitative estimate of drug-likeness (QED) is 0.668. The molecular formula is C20H24N8. The summed E-state index contributed by atoms with van der Waals surface area (Å²) in [5.41, 5.74) is 10.0. The molecule has 0 radical (unpaired) electrons. The van der Waals surface area contributed by atoms with Crippen molar-refractivity contribution in [1.82, 2.24) is 14.9 Å². The minimum atomic E-state index is 0.177. The number of aromatic nitrogens is 3. The summed E-state index contributed by atoms with van der Waals surface area (Å²) in [6.07, 6.45) is 3.41. The van der Waals surface area contributed by atoms with Crippen LogP contribution in [0.2, 0.25) is 0 Å². The lowest BCUT2D eigenvalue weighted by atomic mass is 10.2. The molecule has 0 bridgehead atoms. The van der Waals surface area contributed by atoms with Gasteiger partial charge in [0.05, 0.1) is 6.21 Å². The fourth-order valence-corrected chi connectivity index (χ4v) is 2.45. The van der Waals surface area contributed by atoms with E-state index in [9.17, 15) is 0 Å². The van der Waals surface area contributed by atoms with E-state index in [4.69, 9.17) is 5.73 Å². The van der Waals surface area contributed by atoms with Gasteiger partial charge >= 0.3 is 0 Å². The molecule has 2 aromatic carbocycles. The molecule has 0 aliphatic carbocycles. The molecule has 3 aromatic rings. The molecule has 0 saturated carbocycles. The first-order chi connectivity index (χ1) is 13.4. The standard InChI is InChI=1S/C20H24N8/c1-26(2)17-9-5-15(6-10-17)13-22-20-25-24-19(21)28(20)23-14-16-7-11-18(12-8-16)27(3)4/h5-14H,1-4H3,(H2,21,24)/b22-13+,23-14+. The monoisotopic (exact) mass is 376 g/mol. The summed E-state index contributed by atoms with van der Waals surface area (Å²) in [7, 11) is 8.00. The highest BCUT2D eigenvalue weighted by Crippen LogP contribution is 2.15. The fourth-order valence-electron chi connectivity index (χ4n) is 2.45. The number of anilines is 3. The molecule has 0 amide bonds. The lowest BCUT2D eigenvalue weighted by Gasteiger charge is -2.11. The van der Waals surface area contributed by atoms with E-state index in [1.807, 2.05) is 86.5 Å². The number of nitrogen functional groups attached to an aromatic ring is 1. The van der Waals surface area contributed by atoms with Crippen LogP contribution in [-0.4, -0.2) is 55.5 Å². The van der Waals surface area contributed by atoms with Crippen LogP contribution >= 0.6 is 0 Å². The summed E-state index contributed by atoms with van der Waals surface area (Å²) < 4.78 is 1.41. The zero-order valence-corrected chi connectivity index (χ0v) is 16.5. The largest absolute Gasteiger partial charge is 0.378 e. The van der Waals surface area contributed by atoms with Gasteiger partial charge < -0.3 is 15.5 Å². The minimum Gasteiger partial charge on any atom is -0.378 e. The first-order valence-electron chi connectivity index (χ1n) is 8.78. The van der Waals surface area contributed by atoms with Crippen LogP contribution in [0.1, 0.15) is 11.1 Å². The molecule has 0 aliphatic rings. The van der Waals surface area contributed by atoms with Gasteiger partial charge in [0.2, 0.25) is 5.95 Å². The first kappa shape index (κ1) is 19.1. The zero-order valence-electron chi connectivity index (χ0n) is 16.5. The van der Waals surface area contributed by atoms with Crippen molar-refractivity contribution in [3.05, 3.63) is 59.7 Å². The van der Waals surface area contributed by atoms with E-state index < -0.39 is 0 Å². The average Bonchev–Trinajstić information content (AvgIpc) is 3.05. The van der Waals surface area contributed by atoms with Crippen molar-refractivity contribution >= 4 is 35.7 Å². The Bertz CT molecular complexity index is 966. The number of aliphatic imine (C=N–C) groups is 1. The maximum Gasteiger partial charge on any atom is 0.273 e. The topological polar surface area (TPSA) is 87.9 Å². The number of hydrogen-bond donors (Lipinski definition) is 1. The number of hydrogen-bond acceptors (Lipinski definition) is 7. The predicted molar refractivity (Wildman–Crippen MR) is 116 cm³/mol.